The van der Waals surface area contributed by atoms with Gasteiger partial charge in [-0.25, -0.2) is 0 Å². The Bertz CT molecular complexity index is 434. The van der Waals surface area contributed by atoms with Gasteiger partial charge in [-0.2, -0.15) is 0 Å². The van der Waals surface area contributed by atoms with Crippen molar-refractivity contribution in [2.75, 3.05) is 10.7 Å². The van der Waals surface area contributed by atoms with E-state index in [9.17, 15) is 4.79 Å². The largest absolute Gasteiger partial charge is 0.349 e. The number of halogens is 2. The van der Waals surface area contributed by atoms with Gasteiger partial charge in [0.15, 0.2) is 0 Å². The zero-order valence-corrected chi connectivity index (χ0v) is 14.9. The minimum absolute atomic E-state index is 0.0782. The number of nitrogens with one attached hydrogen (secondary N) is 1. The van der Waals surface area contributed by atoms with Crippen LogP contribution in [-0.4, -0.2) is 22.1 Å². The molecule has 0 aliphatic heterocycles. The van der Waals surface area contributed by atoms with Crippen LogP contribution in [0.1, 0.15) is 30.0 Å². The van der Waals surface area contributed by atoms with Gasteiger partial charge in [-0.3, -0.25) is 4.79 Å². The molecule has 1 N–H and O–H groups in total. The molecule has 0 spiro atoms. The number of hydrogen-bond acceptors (Lipinski definition) is 1. The van der Waals surface area contributed by atoms with Crippen LogP contribution in [0.5, 0.6) is 0 Å². The molecule has 19 heavy (non-hydrogen) atoms. The van der Waals surface area contributed by atoms with E-state index in [1.807, 2.05) is 13.8 Å². The van der Waals surface area contributed by atoms with Crippen LogP contribution < -0.4 is 5.32 Å². The number of benzene rings is 1. The smallest absolute Gasteiger partial charge is 0.224 e. The van der Waals surface area contributed by atoms with Crippen LogP contribution in [-0.2, 0) is 11.2 Å². The van der Waals surface area contributed by atoms with E-state index in [-0.39, 0.29) is 11.4 Å². The summed E-state index contributed by atoms with van der Waals surface area (Å²) >= 11 is 6.98. The predicted molar refractivity (Wildman–Crippen MR) is 88.4 cm³/mol. The third-order valence-corrected chi connectivity index (χ3v) is 5.60. The lowest BCUT2D eigenvalue weighted by atomic mass is 9.99. The molecule has 0 aliphatic carbocycles. The van der Waals surface area contributed by atoms with Crippen LogP contribution >= 0.6 is 31.9 Å². The molecule has 0 saturated heterocycles. The van der Waals surface area contributed by atoms with Crippen molar-refractivity contribution in [2.45, 2.75) is 39.2 Å². The van der Waals surface area contributed by atoms with E-state index in [1.54, 1.807) is 0 Å². The van der Waals surface area contributed by atoms with Gasteiger partial charge in [0.25, 0.3) is 0 Å². The van der Waals surface area contributed by atoms with Crippen molar-refractivity contribution >= 4 is 37.8 Å². The van der Waals surface area contributed by atoms with Gasteiger partial charge in [-0.15, -0.1) is 0 Å². The first-order chi connectivity index (χ1) is 8.96. The van der Waals surface area contributed by atoms with Gasteiger partial charge in [0.2, 0.25) is 5.91 Å². The normalized spacial score (nSPS) is 11.4. The Balaban J connectivity index is 2.77. The highest BCUT2D eigenvalue weighted by Gasteiger charge is 2.27. The van der Waals surface area contributed by atoms with Gasteiger partial charge >= 0.3 is 0 Å². The van der Waals surface area contributed by atoms with Crippen molar-refractivity contribution in [3.8, 4) is 0 Å². The predicted octanol–water partition coefficient (Wildman–Crippen LogP) is 3.90. The molecule has 0 saturated carbocycles. The van der Waals surface area contributed by atoms with Crippen LogP contribution in [0.2, 0.25) is 0 Å². The summed E-state index contributed by atoms with van der Waals surface area (Å²) in [4.78, 5) is 12.2. The average Bonchev–Trinajstić information content (AvgIpc) is 2.40. The van der Waals surface area contributed by atoms with Crippen LogP contribution in [0.4, 0.5) is 0 Å². The lowest BCUT2D eigenvalue weighted by molar-refractivity contribution is -0.121. The summed E-state index contributed by atoms with van der Waals surface area (Å²) in [5.41, 5.74) is 3.26. The summed E-state index contributed by atoms with van der Waals surface area (Å²) in [7, 11) is 0. The van der Waals surface area contributed by atoms with E-state index < -0.39 is 0 Å². The number of hydrogen-bond donors (Lipinski definition) is 1. The Labute approximate surface area is 132 Å². The molecule has 0 radical (unpaired) electrons. The van der Waals surface area contributed by atoms with Crippen LogP contribution in [0.3, 0.4) is 0 Å². The number of carbonyl (C=O) groups is 1. The molecule has 1 aromatic carbocycles. The third kappa shape index (κ3) is 4.60. The molecular weight excluding hydrogens is 370 g/mol. The molecule has 0 bridgehead atoms. The molecule has 1 amide bonds. The molecular formula is C15H21Br2NO. The summed E-state index contributed by atoms with van der Waals surface area (Å²) in [6.07, 6.45) is 1.33. The molecule has 0 atom stereocenters. The van der Waals surface area contributed by atoms with Crippen molar-refractivity contribution in [1.82, 2.24) is 5.32 Å². The van der Waals surface area contributed by atoms with Crippen LogP contribution in [0.25, 0.3) is 0 Å². The highest BCUT2D eigenvalue weighted by Crippen LogP contribution is 2.18. The van der Waals surface area contributed by atoms with Crippen molar-refractivity contribution in [1.29, 1.82) is 0 Å². The maximum Gasteiger partial charge on any atom is 0.224 e. The lowest BCUT2D eigenvalue weighted by Gasteiger charge is -2.30. The monoisotopic (exact) mass is 389 g/mol. The van der Waals surface area contributed by atoms with Gasteiger partial charge in [-0.1, -0.05) is 62.5 Å². The Hall–Kier alpha value is -0.350. The fourth-order valence-corrected chi connectivity index (χ4v) is 3.89. The van der Waals surface area contributed by atoms with E-state index in [1.165, 1.54) is 11.1 Å². The maximum absolute atomic E-state index is 12.2. The highest BCUT2D eigenvalue weighted by atomic mass is 79.9. The average molecular weight is 391 g/mol. The van der Waals surface area contributed by atoms with Gasteiger partial charge in [0, 0.05) is 10.7 Å². The molecule has 1 rings (SSSR count). The Morgan fingerprint density at radius 3 is 2.42 bits per heavy atom. The Morgan fingerprint density at radius 2 is 1.89 bits per heavy atom. The van der Waals surface area contributed by atoms with Gasteiger partial charge in [0.05, 0.1) is 12.0 Å². The molecule has 0 unspecified atom stereocenters. The first-order valence-corrected chi connectivity index (χ1v) is 8.69. The van der Waals surface area contributed by atoms with E-state index in [0.29, 0.717) is 6.42 Å². The molecule has 0 aromatic heterocycles. The fourth-order valence-electron chi connectivity index (χ4n) is 1.88. The Kier molecular flexibility index (Phi) is 6.54. The van der Waals surface area contributed by atoms with Crippen molar-refractivity contribution in [3.63, 3.8) is 0 Å². The molecule has 0 fully saturated rings. The van der Waals surface area contributed by atoms with E-state index in [0.717, 1.165) is 22.6 Å². The quantitative estimate of drug-likeness (QED) is 0.733. The lowest BCUT2D eigenvalue weighted by Crippen LogP contribution is -2.51. The SMILES string of the molecule is CCC(CBr)(CBr)NC(=O)Cc1cc(C)ccc1C. The second-order valence-corrected chi connectivity index (χ2v) is 6.18. The standard InChI is InChI=1S/C15H21Br2NO/c1-4-15(9-16,10-17)18-14(19)8-13-7-11(2)5-6-12(13)3/h5-7H,4,8-10H2,1-3H3,(H,18,19). The summed E-state index contributed by atoms with van der Waals surface area (Å²) in [5.74, 6) is 0.0782. The van der Waals surface area contributed by atoms with Gasteiger partial charge < -0.3 is 5.32 Å². The molecule has 1 aromatic rings. The number of rotatable bonds is 6. The summed E-state index contributed by atoms with van der Waals surface area (Å²) < 4.78 is 0. The summed E-state index contributed by atoms with van der Waals surface area (Å²) in [6.45, 7) is 6.18. The van der Waals surface area contributed by atoms with Gasteiger partial charge in [-0.05, 0) is 31.4 Å². The molecule has 4 heteroatoms. The van der Waals surface area contributed by atoms with Gasteiger partial charge in [0.1, 0.15) is 0 Å². The minimum Gasteiger partial charge on any atom is -0.349 e. The number of aryl methyl sites for hydroxylation is 2. The van der Waals surface area contributed by atoms with Crippen molar-refractivity contribution < 1.29 is 4.79 Å². The zero-order chi connectivity index (χ0) is 14.5. The first-order valence-electron chi connectivity index (χ1n) is 6.45. The molecule has 106 valence electrons. The number of carbonyl (C=O) groups excluding carboxylic acids is 1. The number of alkyl halides is 2. The third-order valence-electron chi connectivity index (χ3n) is 3.45. The maximum atomic E-state index is 12.2. The molecule has 0 aliphatic rings. The topological polar surface area (TPSA) is 29.1 Å². The second kappa shape index (κ2) is 7.44. The van der Waals surface area contributed by atoms with Crippen molar-refractivity contribution in [3.05, 3.63) is 34.9 Å². The zero-order valence-electron chi connectivity index (χ0n) is 11.7. The van der Waals surface area contributed by atoms with E-state index in [2.05, 4.69) is 62.3 Å². The number of amides is 1. The Morgan fingerprint density at radius 1 is 1.26 bits per heavy atom. The summed E-state index contributed by atoms with van der Waals surface area (Å²) in [5, 5.41) is 4.64. The second-order valence-electron chi connectivity index (χ2n) is 5.06. The molecule has 0 heterocycles. The van der Waals surface area contributed by atoms with Crippen LogP contribution in [0.15, 0.2) is 18.2 Å². The van der Waals surface area contributed by atoms with Crippen molar-refractivity contribution in [2.24, 2.45) is 0 Å². The molecule has 2 nitrogen and oxygen atoms in total. The fraction of sp³-hybridized carbons (Fsp3) is 0.533. The van der Waals surface area contributed by atoms with E-state index >= 15 is 0 Å². The summed E-state index contributed by atoms with van der Waals surface area (Å²) in [6, 6.07) is 6.23. The van der Waals surface area contributed by atoms with Crippen LogP contribution in [0, 0.1) is 13.8 Å². The van der Waals surface area contributed by atoms with E-state index in [4.69, 9.17) is 0 Å². The first kappa shape index (κ1) is 16.7. The minimum atomic E-state index is -0.200. The highest BCUT2D eigenvalue weighted by molar-refractivity contribution is 9.09.